The molecule has 0 aliphatic carbocycles. The van der Waals surface area contributed by atoms with Gasteiger partial charge in [-0.2, -0.15) is 8.78 Å². The van der Waals surface area contributed by atoms with Crippen LogP contribution in [0.4, 0.5) is 17.6 Å². The van der Waals surface area contributed by atoms with E-state index in [1.807, 2.05) is 0 Å². The first-order chi connectivity index (χ1) is 19.4. The molecule has 0 unspecified atom stereocenters. The number of fused-ring (bicyclic) bond motifs is 3. The quantitative estimate of drug-likeness (QED) is 0.401. The fraction of sp³-hybridized carbons (Fsp3) is 0.296. The van der Waals surface area contributed by atoms with Gasteiger partial charge >= 0.3 is 18.9 Å². The second kappa shape index (κ2) is 9.42. The molecule has 14 heteroatoms. The molecule has 3 aliphatic heterocycles. The number of alkyl halides is 4. The Morgan fingerprint density at radius 3 is 2.51 bits per heavy atom. The lowest BCUT2D eigenvalue weighted by atomic mass is 9.82. The minimum absolute atomic E-state index is 0.0473. The maximum atomic E-state index is 13.8. The smallest absolute Gasteiger partial charge is 0.492 e. The van der Waals surface area contributed by atoms with Crippen molar-refractivity contribution < 1.29 is 55.9 Å². The van der Waals surface area contributed by atoms with Gasteiger partial charge in [-0.3, -0.25) is 9.78 Å². The molecule has 1 amide bonds. The van der Waals surface area contributed by atoms with E-state index in [2.05, 4.69) is 24.5 Å². The Kier molecular flexibility index (Phi) is 6.08. The fourth-order valence-corrected chi connectivity index (χ4v) is 5.00. The summed E-state index contributed by atoms with van der Waals surface area (Å²) in [5.41, 5.74) is -0.250. The van der Waals surface area contributed by atoms with Gasteiger partial charge in [0.25, 0.3) is 0 Å². The lowest BCUT2D eigenvalue weighted by Gasteiger charge is -2.34. The van der Waals surface area contributed by atoms with Crippen LogP contribution in [0, 0.1) is 0 Å². The van der Waals surface area contributed by atoms with Crippen LogP contribution in [0.3, 0.4) is 0 Å². The molecule has 0 radical (unpaired) electrons. The molecule has 6 rings (SSSR count). The van der Waals surface area contributed by atoms with Crippen molar-refractivity contribution >= 4 is 11.9 Å². The zero-order valence-electron chi connectivity index (χ0n) is 21.0. The highest BCUT2D eigenvalue weighted by molar-refractivity contribution is 5.90. The van der Waals surface area contributed by atoms with Crippen LogP contribution < -0.4 is 29.0 Å². The number of ether oxygens (including phenoxy) is 5. The van der Waals surface area contributed by atoms with E-state index in [9.17, 15) is 32.3 Å². The summed E-state index contributed by atoms with van der Waals surface area (Å²) in [5, 5.41) is 12.1. The van der Waals surface area contributed by atoms with Crippen LogP contribution in [0.25, 0.3) is 0 Å². The number of carboxylic acid groups (broad SMARTS) is 1. The third kappa shape index (κ3) is 4.78. The average molecular weight is 576 g/mol. The van der Waals surface area contributed by atoms with E-state index in [1.54, 1.807) is 6.92 Å². The lowest BCUT2D eigenvalue weighted by Crippen LogP contribution is -2.46. The first kappa shape index (κ1) is 26.5. The van der Waals surface area contributed by atoms with Crippen molar-refractivity contribution in [1.82, 2.24) is 10.3 Å². The molecule has 214 valence electrons. The van der Waals surface area contributed by atoms with Gasteiger partial charge in [-0.25, -0.2) is 4.79 Å². The molecule has 2 N–H and O–H groups in total. The minimum atomic E-state index is -3.85. The molecule has 10 nitrogen and oxygen atoms in total. The number of pyridine rings is 1. The maximum absolute atomic E-state index is 13.8. The molecule has 4 heterocycles. The van der Waals surface area contributed by atoms with Crippen molar-refractivity contribution in [3.8, 4) is 28.7 Å². The molecule has 2 aromatic carbocycles. The average Bonchev–Trinajstić information content (AvgIpc) is 3.41. The van der Waals surface area contributed by atoms with E-state index in [-0.39, 0.29) is 47.3 Å². The zero-order chi connectivity index (χ0) is 29.1. The number of hydrogen-bond donors (Lipinski definition) is 2. The van der Waals surface area contributed by atoms with Crippen LogP contribution in [0.5, 0.6) is 28.7 Å². The van der Waals surface area contributed by atoms with Crippen LogP contribution in [0.1, 0.15) is 52.7 Å². The summed E-state index contributed by atoms with van der Waals surface area (Å²) < 4.78 is 78.1. The summed E-state index contributed by atoms with van der Waals surface area (Å²) >= 11 is 0. The highest BCUT2D eigenvalue weighted by atomic mass is 19.3. The predicted octanol–water partition coefficient (Wildman–Crippen LogP) is 4.73. The van der Waals surface area contributed by atoms with Gasteiger partial charge in [0.2, 0.25) is 5.91 Å². The molecule has 0 fully saturated rings. The van der Waals surface area contributed by atoms with Gasteiger partial charge in [0.1, 0.15) is 35.4 Å². The summed E-state index contributed by atoms with van der Waals surface area (Å²) in [6.07, 6.45) is -3.35. The Labute approximate surface area is 228 Å². The van der Waals surface area contributed by atoms with E-state index in [4.69, 9.17) is 9.47 Å². The molecular formula is C27H20F4N2O8. The molecule has 3 aromatic rings. The van der Waals surface area contributed by atoms with Crippen molar-refractivity contribution in [2.75, 3.05) is 6.61 Å². The normalized spacial score (nSPS) is 23.2. The molecule has 0 spiro atoms. The first-order valence-electron chi connectivity index (χ1n) is 12.2. The van der Waals surface area contributed by atoms with Crippen LogP contribution in [0.2, 0.25) is 0 Å². The number of nitrogens with zero attached hydrogens (tertiary/aromatic N) is 1. The Morgan fingerprint density at radius 1 is 1.07 bits per heavy atom. The number of amides is 1. The first-order valence-corrected chi connectivity index (χ1v) is 12.2. The third-order valence-corrected chi connectivity index (χ3v) is 7.09. The van der Waals surface area contributed by atoms with Gasteiger partial charge in [-0.05, 0) is 37.3 Å². The van der Waals surface area contributed by atoms with E-state index in [1.165, 1.54) is 42.5 Å². The SMILES string of the molecule is C[C@]1(C(=O)N[C@@H]2C[C@H](c3ccc(C(=O)O)cn3)Oc3cc(OC(F)F)ccc32)COc2cc3c(cc21)OC(F)(F)O3. The number of carbonyl (C=O) groups excluding carboxylic acids is 1. The van der Waals surface area contributed by atoms with Crippen LogP contribution >= 0.6 is 0 Å². The van der Waals surface area contributed by atoms with E-state index in [0.717, 1.165) is 6.20 Å². The molecule has 0 saturated carbocycles. The highest BCUT2D eigenvalue weighted by Gasteiger charge is 2.49. The van der Waals surface area contributed by atoms with Crippen LogP contribution in [-0.4, -0.2) is 41.5 Å². The molecular weight excluding hydrogens is 556 g/mol. The molecule has 3 atom stereocenters. The summed E-state index contributed by atoms with van der Waals surface area (Å²) in [6.45, 7) is -1.60. The summed E-state index contributed by atoms with van der Waals surface area (Å²) in [5.74, 6) is -1.98. The van der Waals surface area contributed by atoms with Crippen molar-refractivity contribution in [1.29, 1.82) is 0 Å². The Balaban J connectivity index is 1.31. The number of rotatable bonds is 6. The number of aromatic carboxylic acids is 1. The highest BCUT2D eigenvalue weighted by Crippen LogP contribution is 2.50. The number of carbonyl (C=O) groups is 2. The van der Waals surface area contributed by atoms with Crippen molar-refractivity contribution in [2.45, 2.75) is 43.8 Å². The predicted molar refractivity (Wildman–Crippen MR) is 129 cm³/mol. The Bertz CT molecular complexity index is 1550. The zero-order valence-corrected chi connectivity index (χ0v) is 21.0. The topological polar surface area (TPSA) is 125 Å². The molecule has 0 bridgehead atoms. The van der Waals surface area contributed by atoms with Crippen LogP contribution in [0.15, 0.2) is 48.7 Å². The minimum Gasteiger partial charge on any atom is -0.492 e. The number of halogens is 4. The summed E-state index contributed by atoms with van der Waals surface area (Å²) in [7, 11) is 0. The molecule has 3 aliphatic rings. The van der Waals surface area contributed by atoms with Gasteiger partial charge in [0.05, 0.1) is 17.3 Å². The molecule has 0 saturated heterocycles. The monoisotopic (exact) mass is 576 g/mol. The van der Waals surface area contributed by atoms with Crippen molar-refractivity contribution in [3.05, 3.63) is 71.0 Å². The van der Waals surface area contributed by atoms with Gasteiger partial charge in [0, 0.05) is 35.9 Å². The standard InChI is InChI=1S/C27H20F4N2O8/c1-26(11-37-19-9-22-21(7-15(19)26)40-27(30,31)41-22)24(36)33-17-8-20(16-5-2-12(10-32-16)23(34)35)39-18-6-13(38-25(28)29)3-4-14(17)18/h2-7,9-10,17,20,25H,8,11H2,1H3,(H,33,36)(H,34,35)/t17-,20-,26+/m1/s1. The molecule has 41 heavy (non-hydrogen) atoms. The number of benzene rings is 2. The third-order valence-electron chi connectivity index (χ3n) is 7.09. The van der Waals surface area contributed by atoms with E-state index in [0.29, 0.717) is 16.8 Å². The number of nitrogens with one attached hydrogen (secondary N) is 1. The number of carboxylic acids is 1. The summed E-state index contributed by atoms with van der Waals surface area (Å²) in [4.78, 5) is 29.2. The second-order valence-electron chi connectivity index (χ2n) is 9.81. The molecule has 1 aromatic heterocycles. The number of aromatic nitrogens is 1. The largest absolute Gasteiger partial charge is 0.586 e. The van der Waals surface area contributed by atoms with Gasteiger partial charge in [-0.1, -0.05) is 0 Å². The summed E-state index contributed by atoms with van der Waals surface area (Å²) in [6, 6.07) is 8.64. The van der Waals surface area contributed by atoms with Gasteiger partial charge in [-0.15, -0.1) is 8.78 Å². The Hall–Kier alpha value is -4.75. The van der Waals surface area contributed by atoms with E-state index >= 15 is 0 Å². The van der Waals surface area contributed by atoms with E-state index < -0.39 is 42.3 Å². The maximum Gasteiger partial charge on any atom is 0.586 e. The van der Waals surface area contributed by atoms with Crippen LogP contribution in [-0.2, 0) is 10.2 Å². The lowest BCUT2D eigenvalue weighted by molar-refractivity contribution is -0.286. The Morgan fingerprint density at radius 2 is 1.83 bits per heavy atom. The number of hydrogen-bond acceptors (Lipinski definition) is 8. The van der Waals surface area contributed by atoms with Gasteiger partial charge in [0.15, 0.2) is 11.5 Å². The van der Waals surface area contributed by atoms with Gasteiger partial charge < -0.3 is 34.1 Å². The second-order valence-corrected chi connectivity index (χ2v) is 9.81. The van der Waals surface area contributed by atoms with Crippen molar-refractivity contribution in [3.63, 3.8) is 0 Å². The van der Waals surface area contributed by atoms with Crippen molar-refractivity contribution in [2.24, 2.45) is 0 Å². The fourth-order valence-electron chi connectivity index (χ4n) is 5.00.